The maximum atomic E-state index is 10.2. The van der Waals surface area contributed by atoms with Gasteiger partial charge in [-0.25, -0.2) is 0 Å². The van der Waals surface area contributed by atoms with Gasteiger partial charge >= 0.3 is 0 Å². The Morgan fingerprint density at radius 3 is 2.90 bits per heavy atom. The minimum absolute atomic E-state index is 0.484. The van der Waals surface area contributed by atoms with Crippen LogP contribution in [0.2, 0.25) is 0 Å². The molecule has 0 amide bonds. The molecule has 108 valence electrons. The zero-order chi connectivity index (χ0) is 14.8. The van der Waals surface area contributed by atoms with E-state index in [0.717, 1.165) is 33.9 Å². The third kappa shape index (κ3) is 3.41. The minimum atomic E-state index is -0.724. The van der Waals surface area contributed by atoms with Crippen molar-refractivity contribution in [3.05, 3.63) is 28.9 Å². The van der Waals surface area contributed by atoms with Gasteiger partial charge in [-0.05, 0) is 47.5 Å². The molecule has 4 N–H and O–H groups in total. The lowest BCUT2D eigenvalue weighted by Gasteiger charge is -2.24. The molecule has 5 heteroatoms. The van der Waals surface area contributed by atoms with E-state index < -0.39 is 5.60 Å². The Bertz CT molecular complexity index is 613. The topological polar surface area (TPSA) is 71.2 Å². The van der Waals surface area contributed by atoms with Gasteiger partial charge in [-0.2, -0.15) is 0 Å². The first kappa shape index (κ1) is 15.1. The molecule has 0 saturated carbocycles. The molecule has 1 aromatic carbocycles. The van der Waals surface area contributed by atoms with Gasteiger partial charge < -0.3 is 16.2 Å². The van der Waals surface area contributed by atoms with Crippen LogP contribution in [0.1, 0.15) is 26.7 Å². The molecular formula is C15H20BrN3O. The summed E-state index contributed by atoms with van der Waals surface area (Å²) in [4.78, 5) is 4.42. The highest BCUT2D eigenvalue weighted by Crippen LogP contribution is 2.29. The molecule has 1 heterocycles. The van der Waals surface area contributed by atoms with Crippen molar-refractivity contribution in [3.63, 3.8) is 0 Å². The fraction of sp³-hybridized carbons (Fsp3) is 0.400. The molecule has 0 fully saturated rings. The van der Waals surface area contributed by atoms with Gasteiger partial charge in [0.25, 0.3) is 0 Å². The zero-order valence-corrected chi connectivity index (χ0v) is 13.4. The molecule has 0 aliphatic heterocycles. The Labute approximate surface area is 127 Å². The zero-order valence-electron chi connectivity index (χ0n) is 11.8. The SMILES string of the molecule is CCCC(C)(O)CNc1ccc(N)c2cc(Br)cnc12. The van der Waals surface area contributed by atoms with Gasteiger partial charge in [-0.1, -0.05) is 13.3 Å². The number of aliphatic hydroxyl groups is 1. The van der Waals surface area contributed by atoms with Crippen molar-refractivity contribution < 1.29 is 5.11 Å². The smallest absolute Gasteiger partial charge is 0.0954 e. The molecule has 0 aliphatic rings. The summed E-state index contributed by atoms with van der Waals surface area (Å²) >= 11 is 3.40. The molecule has 0 bridgehead atoms. The number of halogens is 1. The van der Waals surface area contributed by atoms with Gasteiger partial charge in [-0.3, -0.25) is 4.98 Å². The normalized spacial score (nSPS) is 14.2. The predicted molar refractivity (Wildman–Crippen MR) is 87.9 cm³/mol. The van der Waals surface area contributed by atoms with Crippen LogP contribution in [0.25, 0.3) is 10.9 Å². The van der Waals surface area contributed by atoms with Crippen LogP contribution >= 0.6 is 15.9 Å². The Kier molecular flexibility index (Phi) is 4.50. The molecule has 4 nitrogen and oxygen atoms in total. The first-order chi connectivity index (χ1) is 9.43. The number of nitrogens with zero attached hydrogens (tertiary/aromatic N) is 1. The lowest BCUT2D eigenvalue weighted by atomic mass is 10.0. The molecule has 0 aliphatic carbocycles. The molecule has 2 aromatic rings. The standard InChI is InChI=1S/C15H20BrN3O/c1-3-6-15(2,20)9-19-13-5-4-12(17)11-7-10(16)8-18-14(11)13/h4-5,7-8,19-20H,3,6,9,17H2,1-2H3. The molecule has 20 heavy (non-hydrogen) atoms. The summed E-state index contributed by atoms with van der Waals surface area (Å²) in [5, 5.41) is 14.4. The summed E-state index contributed by atoms with van der Waals surface area (Å²) in [6.45, 7) is 4.39. The molecule has 1 unspecified atom stereocenters. The van der Waals surface area contributed by atoms with Gasteiger partial charge in [0.2, 0.25) is 0 Å². The molecule has 1 aromatic heterocycles. The number of hydrogen-bond acceptors (Lipinski definition) is 4. The van der Waals surface area contributed by atoms with E-state index in [1.54, 1.807) is 6.20 Å². The van der Waals surface area contributed by atoms with Crippen molar-refractivity contribution in [1.82, 2.24) is 4.98 Å². The molecular weight excluding hydrogens is 318 g/mol. The number of anilines is 2. The number of rotatable bonds is 5. The largest absolute Gasteiger partial charge is 0.398 e. The summed E-state index contributed by atoms with van der Waals surface area (Å²) < 4.78 is 0.895. The molecule has 0 radical (unpaired) electrons. The third-order valence-corrected chi connectivity index (χ3v) is 3.73. The average Bonchev–Trinajstić information content (AvgIpc) is 2.38. The number of nitrogens with one attached hydrogen (secondary N) is 1. The van der Waals surface area contributed by atoms with E-state index in [2.05, 4.69) is 33.2 Å². The summed E-state index contributed by atoms with van der Waals surface area (Å²) in [6, 6.07) is 5.71. The Morgan fingerprint density at radius 1 is 1.45 bits per heavy atom. The second kappa shape index (κ2) is 5.97. The molecule has 0 spiro atoms. The van der Waals surface area contributed by atoms with E-state index >= 15 is 0 Å². The van der Waals surface area contributed by atoms with Crippen LogP contribution in [-0.2, 0) is 0 Å². The Hall–Kier alpha value is -1.33. The van der Waals surface area contributed by atoms with E-state index in [4.69, 9.17) is 5.73 Å². The van der Waals surface area contributed by atoms with Gasteiger partial charge in [0.15, 0.2) is 0 Å². The van der Waals surface area contributed by atoms with Crippen LogP contribution in [0.3, 0.4) is 0 Å². The predicted octanol–water partition coefficient (Wildman–Crippen LogP) is 3.54. The summed E-state index contributed by atoms with van der Waals surface area (Å²) in [5.41, 5.74) is 7.66. The quantitative estimate of drug-likeness (QED) is 0.729. The third-order valence-electron chi connectivity index (χ3n) is 3.30. The first-order valence-electron chi connectivity index (χ1n) is 6.73. The summed E-state index contributed by atoms with van der Waals surface area (Å²) in [7, 11) is 0. The fourth-order valence-electron chi connectivity index (χ4n) is 2.27. The Morgan fingerprint density at radius 2 is 2.20 bits per heavy atom. The van der Waals surface area contributed by atoms with E-state index in [1.807, 2.05) is 25.1 Å². The van der Waals surface area contributed by atoms with Crippen molar-refractivity contribution in [1.29, 1.82) is 0 Å². The van der Waals surface area contributed by atoms with Crippen molar-refractivity contribution in [3.8, 4) is 0 Å². The van der Waals surface area contributed by atoms with Crippen molar-refractivity contribution in [2.75, 3.05) is 17.6 Å². The van der Waals surface area contributed by atoms with E-state index in [0.29, 0.717) is 12.2 Å². The van der Waals surface area contributed by atoms with Crippen LogP contribution in [0, 0.1) is 0 Å². The number of pyridine rings is 1. The van der Waals surface area contributed by atoms with Crippen molar-refractivity contribution in [2.45, 2.75) is 32.3 Å². The van der Waals surface area contributed by atoms with E-state index in [9.17, 15) is 5.11 Å². The maximum Gasteiger partial charge on any atom is 0.0954 e. The maximum absolute atomic E-state index is 10.2. The molecule has 2 rings (SSSR count). The van der Waals surface area contributed by atoms with Crippen molar-refractivity contribution >= 4 is 38.2 Å². The highest BCUT2D eigenvalue weighted by atomic mass is 79.9. The molecule has 0 saturated heterocycles. The van der Waals surface area contributed by atoms with Gasteiger partial charge in [0.1, 0.15) is 0 Å². The van der Waals surface area contributed by atoms with Crippen LogP contribution in [-0.4, -0.2) is 22.2 Å². The highest BCUT2D eigenvalue weighted by Gasteiger charge is 2.19. The second-order valence-corrected chi connectivity index (χ2v) is 6.27. The number of fused-ring (bicyclic) bond motifs is 1. The van der Waals surface area contributed by atoms with Gasteiger partial charge in [0, 0.05) is 28.3 Å². The van der Waals surface area contributed by atoms with Crippen LogP contribution < -0.4 is 11.1 Å². The summed E-state index contributed by atoms with van der Waals surface area (Å²) in [5.74, 6) is 0. The average molecular weight is 338 g/mol. The van der Waals surface area contributed by atoms with E-state index in [1.165, 1.54) is 0 Å². The number of aromatic nitrogens is 1. The number of nitrogen functional groups attached to an aromatic ring is 1. The van der Waals surface area contributed by atoms with Gasteiger partial charge in [-0.15, -0.1) is 0 Å². The number of nitrogens with two attached hydrogens (primary N) is 1. The van der Waals surface area contributed by atoms with Crippen LogP contribution in [0.5, 0.6) is 0 Å². The van der Waals surface area contributed by atoms with Crippen LogP contribution in [0.15, 0.2) is 28.9 Å². The van der Waals surface area contributed by atoms with Crippen LogP contribution in [0.4, 0.5) is 11.4 Å². The van der Waals surface area contributed by atoms with Crippen molar-refractivity contribution in [2.24, 2.45) is 0 Å². The number of hydrogen-bond donors (Lipinski definition) is 3. The first-order valence-corrected chi connectivity index (χ1v) is 7.52. The molecule has 1 atom stereocenters. The summed E-state index contributed by atoms with van der Waals surface area (Å²) in [6.07, 6.45) is 3.45. The fourth-order valence-corrected chi connectivity index (χ4v) is 2.60. The lowest BCUT2D eigenvalue weighted by molar-refractivity contribution is 0.0637. The lowest BCUT2D eigenvalue weighted by Crippen LogP contribution is -2.33. The monoisotopic (exact) mass is 337 g/mol. The van der Waals surface area contributed by atoms with Gasteiger partial charge in [0.05, 0.1) is 16.8 Å². The minimum Gasteiger partial charge on any atom is -0.398 e. The number of benzene rings is 1. The Balaban J connectivity index is 2.29. The highest BCUT2D eigenvalue weighted by molar-refractivity contribution is 9.10. The van der Waals surface area contributed by atoms with E-state index in [-0.39, 0.29) is 0 Å². The second-order valence-electron chi connectivity index (χ2n) is 5.35.